The quantitative estimate of drug-likeness (QED) is 0.0150. The number of nitrogens with two attached hydrogens (primary N) is 1. The molecule has 354 valence electrons. The van der Waals surface area contributed by atoms with Crippen LogP contribution in [0.15, 0.2) is 122 Å². The highest BCUT2D eigenvalue weighted by atomic mass is 31.2. The Balaban J connectivity index is 4.66. The van der Waals surface area contributed by atoms with E-state index in [1.165, 1.54) is 19.3 Å². The maximum absolute atomic E-state index is 12.6. The molecule has 0 aliphatic heterocycles. The number of ether oxygens (including phenoxy) is 2. The maximum Gasteiger partial charge on any atom is 0.472 e. The molecule has 63 heavy (non-hydrogen) atoms. The van der Waals surface area contributed by atoms with Crippen LogP contribution < -0.4 is 5.73 Å². The minimum Gasteiger partial charge on any atom is -0.480 e. The monoisotopic (exact) mass is 900 g/mol. The molecule has 0 aromatic rings. The van der Waals surface area contributed by atoms with Gasteiger partial charge in [-0.2, -0.15) is 0 Å². The van der Waals surface area contributed by atoms with E-state index in [4.69, 9.17) is 24.8 Å². The zero-order valence-corrected chi connectivity index (χ0v) is 38.9. The van der Waals surface area contributed by atoms with E-state index >= 15 is 0 Å². The smallest absolute Gasteiger partial charge is 0.472 e. The van der Waals surface area contributed by atoms with E-state index in [0.29, 0.717) is 6.42 Å². The summed E-state index contributed by atoms with van der Waals surface area (Å²) >= 11 is 0. The standard InChI is InChI=1S/C50H78NO11P/c1-3-5-7-9-11-13-15-17-19-21-22-23-25-27-29-31-33-35-37-39-49(54)62-46(43-60-63(57,58)61-44-47(51)50(55)56)42-59-48(53)41-40-45(52)38-36-34-32-30-28-26-24-20-18-16-14-12-10-8-6-4-2/h6,8,11-14,17-20,22-23,26-29,32,34,36,38,45-47,52H,3-5,7,9-10,15-16,21,24-25,30-31,33,35,37,39-44,51H2,1-2H3,(H,55,56)(H,57,58)/b8-6-,13-11-,14-12-,19-17-,20-18-,23-22-,28-26-,29-27-,34-32-,38-36-/t45?,46-,47+/m1/s1. The Bertz CT molecular complexity index is 1540. The van der Waals surface area contributed by atoms with E-state index in [1.807, 2.05) is 12.2 Å². The Morgan fingerprint density at radius 3 is 1.60 bits per heavy atom. The second-order valence-corrected chi connectivity index (χ2v) is 16.1. The Kier molecular flexibility index (Phi) is 40.3. The van der Waals surface area contributed by atoms with E-state index in [1.54, 1.807) is 12.2 Å². The number of carboxylic acids is 1. The van der Waals surface area contributed by atoms with E-state index in [2.05, 4.69) is 116 Å². The third-order valence-electron chi connectivity index (χ3n) is 8.81. The zero-order valence-electron chi connectivity index (χ0n) is 38.0. The van der Waals surface area contributed by atoms with Crippen molar-refractivity contribution in [2.75, 3.05) is 19.8 Å². The van der Waals surface area contributed by atoms with Gasteiger partial charge in [-0.05, 0) is 89.9 Å². The number of carbonyl (C=O) groups is 3. The third kappa shape index (κ3) is 42.9. The number of aliphatic carboxylic acids is 1. The van der Waals surface area contributed by atoms with Crippen LogP contribution >= 0.6 is 7.82 Å². The van der Waals surface area contributed by atoms with Gasteiger partial charge in [-0.15, -0.1) is 0 Å². The number of aliphatic hydroxyl groups excluding tert-OH is 1. The summed E-state index contributed by atoms with van der Waals surface area (Å²) in [6, 6.07) is -1.57. The highest BCUT2D eigenvalue weighted by Gasteiger charge is 2.28. The predicted octanol–water partition coefficient (Wildman–Crippen LogP) is 11.4. The molecule has 0 fully saturated rings. The molecule has 0 heterocycles. The van der Waals surface area contributed by atoms with Crippen LogP contribution in [0.3, 0.4) is 0 Å². The van der Waals surface area contributed by atoms with Crippen LogP contribution in [0, 0.1) is 0 Å². The van der Waals surface area contributed by atoms with Crippen LogP contribution in [0.5, 0.6) is 0 Å². The van der Waals surface area contributed by atoms with Crippen molar-refractivity contribution in [3.8, 4) is 0 Å². The van der Waals surface area contributed by atoms with Gasteiger partial charge in [-0.1, -0.05) is 155 Å². The molecule has 12 nitrogen and oxygen atoms in total. The Morgan fingerprint density at radius 1 is 0.587 bits per heavy atom. The van der Waals surface area contributed by atoms with Crippen molar-refractivity contribution in [2.45, 2.75) is 154 Å². The number of hydrogen-bond acceptors (Lipinski definition) is 10. The normalized spacial score (nSPS) is 15.3. The average Bonchev–Trinajstić information content (AvgIpc) is 3.26. The fourth-order valence-electron chi connectivity index (χ4n) is 5.21. The lowest BCUT2D eigenvalue weighted by atomic mass is 10.1. The second kappa shape index (κ2) is 43.1. The first-order valence-electron chi connectivity index (χ1n) is 22.7. The van der Waals surface area contributed by atoms with Crippen molar-refractivity contribution in [1.29, 1.82) is 0 Å². The molecular formula is C50H78NO11P. The lowest BCUT2D eigenvalue weighted by Crippen LogP contribution is -2.34. The lowest BCUT2D eigenvalue weighted by Gasteiger charge is -2.20. The van der Waals surface area contributed by atoms with E-state index in [0.717, 1.165) is 77.0 Å². The van der Waals surface area contributed by atoms with Crippen molar-refractivity contribution in [1.82, 2.24) is 0 Å². The number of carboxylic acid groups (broad SMARTS) is 1. The Morgan fingerprint density at radius 2 is 1.08 bits per heavy atom. The maximum atomic E-state index is 12.6. The summed E-state index contributed by atoms with van der Waals surface area (Å²) in [5.74, 6) is -2.75. The van der Waals surface area contributed by atoms with Crippen molar-refractivity contribution in [2.24, 2.45) is 5.73 Å². The Hall–Kier alpha value is -4.16. The van der Waals surface area contributed by atoms with E-state index in [-0.39, 0.29) is 19.3 Å². The van der Waals surface area contributed by atoms with E-state index < -0.39 is 63.8 Å². The van der Waals surface area contributed by atoms with Gasteiger partial charge in [0, 0.05) is 12.8 Å². The number of allylic oxidation sites excluding steroid dienone is 19. The molecule has 0 saturated heterocycles. The van der Waals surface area contributed by atoms with Crippen molar-refractivity contribution in [3.63, 3.8) is 0 Å². The van der Waals surface area contributed by atoms with Crippen LogP contribution in [0.4, 0.5) is 0 Å². The highest BCUT2D eigenvalue weighted by Crippen LogP contribution is 2.43. The molecule has 4 atom stereocenters. The molecule has 0 aromatic carbocycles. The number of carbonyl (C=O) groups excluding carboxylic acids is 2. The molecule has 0 amide bonds. The lowest BCUT2D eigenvalue weighted by molar-refractivity contribution is -0.161. The van der Waals surface area contributed by atoms with E-state index in [9.17, 15) is 28.9 Å². The number of esters is 2. The Labute approximate surface area is 378 Å². The number of aliphatic hydroxyl groups is 1. The molecule has 0 aromatic heterocycles. The fourth-order valence-corrected chi connectivity index (χ4v) is 5.99. The topological polar surface area (TPSA) is 192 Å². The number of phosphoric acid groups is 1. The largest absolute Gasteiger partial charge is 0.480 e. The molecule has 2 unspecified atom stereocenters. The molecule has 0 aliphatic rings. The first kappa shape index (κ1) is 58.8. The van der Waals surface area contributed by atoms with Gasteiger partial charge in [0.2, 0.25) is 0 Å². The van der Waals surface area contributed by atoms with Crippen molar-refractivity contribution < 1.29 is 52.6 Å². The van der Waals surface area contributed by atoms with Crippen LogP contribution in [-0.2, 0) is 37.5 Å². The van der Waals surface area contributed by atoms with Gasteiger partial charge in [0.05, 0.1) is 19.3 Å². The first-order chi connectivity index (χ1) is 30.5. The second-order valence-electron chi connectivity index (χ2n) is 14.6. The van der Waals surface area contributed by atoms with Crippen molar-refractivity contribution >= 4 is 25.7 Å². The predicted molar refractivity (Wildman–Crippen MR) is 255 cm³/mol. The van der Waals surface area contributed by atoms with Crippen LogP contribution in [0.25, 0.3) is 0 Å². The third-order valence-corrected chi connectivity index (χ3v) is 9.76. The summed E-state index contributed by atoms with van der Waals surface area (Å²) in [6.45, 7) is 2.36. The molecule has 0 spiro atoms. The zero-order chi connectivity index (χ0) is 46.5. The fraction of sp³-hybridized carbons (Fsp3) is 0.540. The number of rotatable bonds is 40. The van der Waals surface area contributed by atoms with Crippen molar-refractivity contribution in [3.05, 3.63) is 122 Å². The van der Waals surface area contributed by atoms with Gasteiger partial charge in [0.1, 0.15) is 12.6 Å². The van der Waals surface area contributed by atoms with Crippen LogP contribution in [0.2, 0.25) is 0 Å². The van der Waals surface area contributed by atoms with Crippen LogP contribution in [-0.4, -0.2) is 71.1 Å². The summed E-state index contributed by atoms with van der Waals surface area (Å²) in [7, 11) is -4.79. The summed E-state index contributed by atoms with van der Waals surface area (Å²) in [5.41, 5.74) is 5.32. The van der Waals surface area contributed by atoms with Crippen LogP contribution in [0.1, 0.15) is 136 Å². The van der Waals surface area contributed by atoms with Gasteiger partial charge < -0.3 is 30.3 Å². The van der Waals surface area contributed by atoms with Gasteiger partial charge in [0.25, 0.3) is 0 Å². The number of unbranched alkanes of at least 4 members (excludes halogenated alkanes) is 6. The highest BCUT2D eigenvalue weighted by molar-refractivity contribution is 7.47. The summed E-state index contributed by atoms with van der Waals surface area (Å²) < 4.78 is 32.5. The molecule has 5 N–H and O–H groups in total. The minimum atomic E-state index is -4.79. The molecule has 0 saturated carbocycles. The van der Waals surface area contributed by atoms with Gasteiger partial charge in [-0.25, -0.2) is 4.57 Å². The SMILES string of the molecule is CC/C=C\C/C=C\C/C=C\C/C=C\C/C=C\C=C/C(O)CCC(=O)OC[C@H](COP(=O)(O)OC[C@H](N)C(=O)O)OC(=O)CCCCC/C=C\C/C=C\C/C=C\C/C=C\CCCCC. The molecule has 0 bridgehead atoms. The number of hydrogen-bond donors (Lipinski definition) is 4. The molecular weight excluding hydrogens is 822 g/mol. The number of phosphoric ester groups is 1. The molecule has 0 aliphatic carbocycles. The molecule has 0 radical (unpaired) electrons. The van der Waals surface area contributed by atoms with Gasteiger partial charge >= 0.3 is 25.7 Å². The first-order valence-corrected chi connectivity index (χ1v) is 24.2. The molecule has 13 heteroatoms. The summed E-state index contributed by atoms with van der Waals surface area (Å²) in [4.78, 5) is 46.1. The van der Waals surface area contributed by atoms with Gasteiger partial charge in [-0.3, -0.25) is 23.4 Å². The van der Waals surface area contributed by atoms with Gasteiger partial charge in [0.15, 0.2) is 6.10 Å². The minimum absolute atomic E-state index is 0.0657. The average molecular weight is 900 g/mol. The summed E-state index contributed by atoms with van der Waals surface area (Å²) in [5, 5.41) is 19.2. The summed E-state index contributed by atoms with van der Waals surface area (Å²) in [6.07, 6.45) is 54.5. The molecule has 0 rings (SSSR count).